The second-order valence-corrected chi connectivity index (χ2v) is 10.1. The van der Waals surface area contributed by atoms with Gasteiger partial charge in [0.05, 0.1) is 5.02 Å². The highest BCUT2D eigenvalue weighted by atomic mass is 35.5. The molecule has 1 amide bonds. The van der Waals surface area contributed by atoms with E-state index in [9.17, 15) is 13.2 Å². The number of halogens is 2. The van der Waals surface area contributed by atoms with Gasteiger partial charge < -0.3 is 4.90 Å². The van der Waals surface area contributed by atoms with Crippen LogP contribution >= 0.6 is 34.5 Å². The van der Waals surface area contributed by atoms with Crippen LogP contribution < -0.4 is 4.72 Å². The van der Waals surface area contributed by atoms with Crippen molar-refractivity contribution < 1.29 is 13.2 Å². The van der Waals surface area contributed by atoms with E-state index >= 15 is 0 Å². The molecular formula is C14H18Cl2N2O3S2. The van der Waals surface area contributed by atoms with Crippen molar-refractivity contribution in [3.8, 4) is 0 Å². The second-order valence-electron chi connectivity index (χ2n) is 6.09. The van der Waals surface area contributed by atoms with Gasteiger partial charge in [-0.25, -0.2) is 13.1 Å². The SMILES string of the molecule is O=C1CC(CNS(=O)(=O)c2cc(Cl)c(Cl)s2)CN1C1CCCC1. The Morgan fingerprint density at radius 3 is 2.61 bits per heavy atom. The molecule has 0 spiro atoms. The lowest BCUT2D eigenvalue weighted by atomic mass is 10.1. The number of hydrogen-bond acceptors (Lipinski definition) is 4. The van der Waals surface area contributed by atoms with Crippen molar-refractivity contribution in [3.05, 3.63) is 15.4 Å². The molecular weight excluding hydrogens is 379 g/mol. The molecule has 1 aromatic rings. The number of carbonyl (C=O) groups excluding carboxylic acids is 1. The van der Waals surface area contributed by atoms with Crippen LogP contribution in [0.25, 0.3) is 0 Å². The van der Waals surface area contributed by atoms with Gasteiger partial charge >= 0.3 is 0 Å². The van der Waals surface area contributed by atoms with Crippen LogP contribution in [0.15, 0.2) is 10.3 Å². The Morgan fingerprint density at radius 2 is 2.00 bits per heavy atom. The van der Waals surface area contributed by atoms with Gasteiger partial charge in [-0.3, -0.25) is 4.79 Å². The fourth-order valence-electron chi connectivity index (χ4n) is 3.27. The number of carbonyl (C=O) groups is 1. The quantitative estimate of drug-likeness (QED) is 0.830. The van der Waals surface area contributed by atoms with Gasteiger partial charge in [0.2, 0.25) is 15.9 Å². The average molecular weight is 397 g/mol. The van der Waals surface area contributed by atoms with Crippen LogP contribution in [0.1, 0.15) is 32.1 Å². The summed E-state index contributed by atoms with van der Waals surface area (Å²) in [6.45, 7) is 0.891. The zero-order chi connectivity index (χ0) is 16.6. The van der Waals surface area contributed by atoms with Gasteiger partial charge in [0.15, 0.2) is 0 Å². The Hall–Kier alpha value is -0.340. The maximum atomic E-state index is 12.3. The summed E-state index contributed by atoms with van der Waals surface area (Å²) in [7, 11) is -3.63. The van der Waals surface area contributed by atoms with Crippen molar-refractivity contribution in [2.24, 2.45) is 5.92 Å². The monoisotopic (exact) mass is 396 g/mol. The minimum atomic E-state index is -3.63. The normalized spacial score (nSPS) is 23.1. The Bertz CT molecular complexity index is 679. The molecule has 9 heteroatoms. The summed E-state index contributed by atoms with van der Waals surface area (Å²) >= 11 is 12.6. The number of amides is 1. The first-order valence-corrected chi connectivity index (χ1v) is 10.7. The van der Waals surface area contributed by atoms with Gasteiger partial charge in [-0.1, -0.05) is 36.0 Å². The molecule has 2 heterocycles. The molecule has 0 bridgehead atoms. The lowest BCUT2D eigenvalue weighted by Gasteiger charge is -2.24. The third kappa shape index (κ3) is 3.85. The standard InChI is InChI=1S/C14H18Cl2N2O3S2/c15-11-6-13(22-14(11)16)23(20,21)17-7-9-5-12(19)18(8-9)10-3-1-2-4-10/h6,9-10,17H,1-5,7-8H2. The molecule has 1 aliphatic heterocycles. The smallest absolute Gasteiger partial charge is 0.250 e. The number of hydrogen-bond donors (Lipinski definition) is 1. The minimum Gasteiger partial charge on any atom is -0.339 e. The zero-order valence-corrected chi connectivity index (χ0v) is 15.6. The molecule has 1 saturated carbocycles. The van der Waals surface area contributed by atoms with E-state index in [0.29, 0.717) is 19.0 Å². The van der Waals surface area contributed by atoms with Gasteiger partial charge in [-0.2, -0.15) is 0 Å². The van der Waals surface area contributed by atoms with Crippen LogP contribution in [-0.2, 0) is 14.8 Å². The van der Waals surface area contributed by atoms with Crippen molar-refractivity contribution in [1.29, 1.82) is 0 Å². The minimum absolute atomic E-state index is 0.0174. The molecule has 5 nitrogen and oxygen atoms in total. The summed E-state index contributed by atoms with van der Waals surface area (Å²) in [6, 6.07) is 1.70. The second kappa shape index (κ2) is 6.88. The molecule has 1 aromatic heterocycles. The number of rotatable bonds is 5. The summed E-state index contributed by atoms with van der Waals surface area (Å²) < 4.78 is 27.5. The van der Waals surface area contributed by atoms with E-state index in [-0.39, 0.29) is 31.9 Å². The first-order valence-electron chi connectivity index (χ1n) is 7.61. The molecule has 128 valence electrons. The van der Waals surface area contributed by atoms with Crippen LogP contribution in [0.2, 0.25) is 9.36 Å². The highest BCUT2D eigenvalue weighted by molar-refractivity contribution is 7.91. The highest BCUT2D eigenvalue weighted by Gasteiger charge is 2.35. The number of thiophene rings is 1. The van der Waals surface area contributed by atoms with Crippen LogP contribution in [0.3, 0.4) is 0 Å². The molecule has 1 aliphatic carbocycles. The van der Waals surface area contributed by atoms with Crippen LogP contribution in [0.4, 0.5) is 0 Å². The molecule has 23 heavy (non-hydrogen) atoms. The molecule has 1 saturated heterocycles. The van der Waals surface area contributed by atoms with Crippen molar-refractivity contribution in [2.45, 2.75) is 42.4 Å². The van der Waals surface area contributed by atoms with E-state index in [4.69, 9.17) is 23.2 Å². The highest BCUT2D eigenvalue weighted by Crippen LogP contribution is 2.34. The van der Waals surface area contributed by atoms with E-state index in [1.54, 1.807) is 0 Å². The molecule has 1 atom stereocenters. The predicted molar refractivity (Wildman–Crippen MR) is 91.6 cm³/mol. The molecule has 2 aliphatic rings. The summed E-state index contributed by atoms with van der Waals surface area (Å²) in [5.41, 5.74) is 0. The molecule has 0 radical (unpaired) electrons. The molecule has 1 unspecified atom stereocenters. The van der Waals surface area contributed by atoms with E-state index in [1.807, 2.05) is 4.90 Å². The van der Waals surface area contributed by atoms with Gasteiger partial charge in [0.1, 0.15) is 8.55 Å². The van der Waals surface area contributed by atoms with Crippen molar-refractivity contribution >= 4 is 50.5 Å². The maximum absolute atomic E-state index is 12.3. The molecule has 1 N–H and O–H groups in total. The van der Waals surface area contributed by atoms with Crippen LogP contribution in [-0.4, -0.2) is 38.4 Å². The maximum Gasteiger partial charge on any atom is 0.250 e. The van der Waals surface area contributed by atoms with Crippen molar-refractivity contribution in [3.63, 3.8) is 0 Å². The molecule has 0 aromatic carbocycles. The summed E-state index contributed by atoms with van der Waals surface area (Å²) in [5, 5.41) is 0.237. The Morgan fingerprint density at radius 1 is 1.30 bits per heavy atom. The lowest BCUT2D eigenvalue weighted by molar-refractivity contribution is -0.129. The summed E-state index contributed by atoms with van der Waals surface area (Å²) in [6.07, 6.45) is 4.88. The number of likely N-dealkylation sites (tertiary alicyclic amines) is 1. The van der Waals surface area contributed by atoms with Gasteiger partial charge in [-0.15, -0.1) is 11.3 Å². The van der Waals surface area contributed by atoms with E-state index in [1.165, 1.54) is 18.9 Å². The molecule has 2 fully saturated rings. The number of sulfonamides is 1. The van der Waals surface area contributed by atoms with Crippen LogP contribution in [0.5, 0.6) is 0 Å². The Labute approximate surface area is 150 Å². The predicted octanol–water partition coefficient (Wildman–Crippen LogP) is 3.12. The third-order valence-corrected chi connectivity index (χ3v) is 8.22. The Balaban J connectivity index is 1.59. The van der Waals surface area contributed by atoms with Gasteiger partial charge in [-0.05, 0) is 24.8 Å². The van der Waals surface area contributed by atoms with Crippen LogP contribution in [0, 0.1) is 5.92 Å². The first-order chi connectivity index (χ1) is 10.9. The number of nitrogens with one attached hydrogen (secondary N) is 1. The topological polar surface area (TPSA) is 66.5 Å². The zero-order valence-electron chi connectivity index (χ0n) is 12.4. The lowest BCUT2D eigenvalue weighted by Crippen LogP contribution is -2.35. The fourth-order valence-corrected chi connectivity index (χ4v) is 6.31. The average Bonchev–Trinajstić information content (AvgIpc) is 3.19. The van der Waals surface area contributed by atoms with E-state index < -0.39 is 10.0 Å². The Kier molecular flexibility index (Phi) is 5.23. The van der Waals surface area contributed by atoms with Gasteiger partial charge in [0, 0.05) is 25.6 Å². The number of nitrogens with zero attached hydrogens (tertiary/aromatic N) is 1. The van der Waals surface area contributed by atoms with Crippen molar-refractivity contribution in [2.75, 3.05) is 13.1 Å². The fraction of sp³-hybridized carbons (Fsp3) is 0.643. The largest absolute Gasteiger partial charge is 0.339 e. The summed E-state index contributed by atoms with van der Waals surface area (Å²) in [5.74, 6) is 0.159. The molecule has 3 rings (SSSR count). The van der Waals surface area contributed by atoms with Crippen molar-refractivity contribution in [1.82, 2.24) is 9.62 Å². The van der Waals surface area contributed by atoms with E-state index in [2.05, 4.69) is 4.72 Å². The summed E-state index contributed by atoms with van der Waals surface area (Å²) in [4.78, 5) is 14.1. The first kappa shape index (κ1) is 17.5. The third-order valence-electron chi connectivity index (χ3n) is 4.45. The van der Waals surface area contributed by atoms with Gasteiger partial charge in [0.25, 0.3) is 0 Å². The van der Waals surface area contributed by atoms with E-state index in [0.717, 1.165) is 24.2 Å².